The largest absolute Gasteiger partial charge is 0.444 e. The van der Waals surface area contributed by atoms with E-state index in [2.05, 4.69) is 0 Å². The number of ether oxygens (including phenoxy) is 1. The van der Waals surface area contributed by atoms with Gasteiger partial charge >= 0.3 is 6.09 Å². The first-order valence-corrected chi connectivity index (χ1v) is 9.38. The van der Waals surface area contributed by atoms with Gasteiger partial charge in [-0.05, 0) is 62.4 Å². The van der Waals surface area contributed by atoms with Crippen molar-refractivity contribution in [3.05, 3.63) is 32.1 Å². The highest BCUT2D eigenvalue weighted by Crippen LogP contribution is 2.25. The fraction of sp³-hybridized carbons (Fsp3) is 0.529. The molecule has 1 aromatic carbocycles. The Hall–Kier alpha value is -1.09. The number of carbonyl (C=O) groups excluding carboxylic acids is 2. The number of carbonyl (C=O) groups is 2. The average Bonchev–Trinajstić information content (AvgIpc) is 2.48. The van der Waals surface area contributed by atoms with Gasteiger partial charge in [-0.3, -0.25) is 4.79 Å². The van der Waals surface area contributed by atoms with E-state index in [0.717, 1.165) is 6.07 Å². The van der Waals surface area contributed by atoms with Gasteiger partial charge < -0.3 is 14.5 Å². The molecule has 1 heterocycles. The lowest BCUT2D eigenvalue weighted by Crippen LogP contribution is -2.56. The van der Waals surface area contributed by atoms with Gasteiger partial charge in [0, 0.05) is 29.2 Å². The van der Waals surface area contributed by atoms with E-state index in [9.17, 15) is 14.0 Å². The Bertz CT molecular complexity index is 693. The molecule has 25 heavy (non-hydrogen) atoms. The smallest absolute Gasteiger partial charge is 0.410 e. The van der Waals surface area contributed by atoms with Crippen LogP contribution in [0.4, 0.5) is 9.18 Å². The molecule has 0 saturated carbocycles. The maximum absolute atomic E-state index is 13.5. The molecule has 0 radical (unpaired) electrons. The summed E-state index contributed by atoms with van der Waals surface area (Å²) < 4.78 is 19.3. The first-order valence-electron chi connectivity index (χ1n) is 7.93. The van der Waals surface area contributed by atoms with E-state index in [0.29, 0.717) is 23.2 Å². The standard InChI is InChI=1S/C17H21ClFIN2O3/c1-10-9-21(5-6-22(10)16(24)25-17(2,3)4)15(23)11-7-14(20)13(19)8-12(11)18/h7-8,10H,5-6,9H2,1-4H3/t10-/m1/s1. The van der Waals surface area contributed by atoms with Gasteiger partial charge in [-0.25, -0.2) is 9.18 Å². The van der Waals surface area contributed by atoms with Crippen LogP contribution in [0.15, 0.2) is 12.1 Å². The van der Waals surface area contributed by atoms with E-state index >= 15 is 0 Å². The number of rotatable bonds is 1. The van der Waals surface area contributed by atoms with Crippen LogP contribution in [0, 0.1) is 9.39 Å². The van der Waals surface area contributed by atoms with E-state index in [4.69, 9.17) is 16.3 Å². The number of halogens is 3. The molecule has 1 aliphatic rings. The van der Waals surface area contributed by atoms with Crippen LogP contribution in [-0.2, 0) is 4.74 Å². The summed E-state index contributed by atoms with van der Waals surface area (Å²) in [6, 6.07) is 2.41. The van der Waals surface area contributed by atoms with Crippen LogP contribution in [0.1, 0.15) is 38.1 Å². The van der Waals surface area contributed by atoms with Crippen LogP contribution in [0.5, 0.6) is 0 Å². The third kappa shape index (κ3) is 4.97. The molecule has 5 nitrogen and oxygen atoms in total. The second-order valence-electron chi connectivity index (χ2n) is 7.02. The summed E-state index contributed by atoms with van der Waals surface area (Å²) in [5.74, 6) is -0.719. The number of hydrogen-bond acceptors (Lipinski definition) is 3. The highest BCUT2D eigenvalue weighted by atomic mass is 127. The lowest BCUT2D eigenvalue weighted by Gasteiger charge is -2.40. The lowest BCUT2D eigenvalue weighted by molar-refractivity contribution is 0.00198. The summed E-state index contributed by atoms with van der Waals surface area (Å²) in [5.41, 5.74) is -0.299. The number of nitrogens with zero attached hydrogens (tertiary/aromatic N) is 2. The zero-order chi connectivity index (χ0) is 18.9. The fourth-order valence-electron chi connectivity index (χ4n) is 2.59. The number of hydrogen-bond donors (Lipinski definition) is 0. The summed E-state index contributed by atoms with van der Waals surface area (Å²) in [6.45, 7) is 8.40. The highest BCUT2D eigenvalue weighted by Gasteiger charge is 2.33. The van der Waals surface area contributed by atoms with Crippen LogP contribution < -0.4 is 0 Å². The normalized spacial score (nSPS) is 18.3. The first kappa shape index (κ1) is 20.2. The van der Waals surface area contributed by atoms with Gasteiger partial charge in [-0.2, -0.15) is 0 Å². The zero-order valence-corrected chi connectivity index (χ0v) is 17.5. The van der Waals surface area contributed by atoms with Gasteiger partial charge in [-0.15, -0.1) is 0 Å². The molecule has 0 bridgehead atoms. The van der Waals surface area contributed by atoms with E-state index in [-0.39, 0.29) is 28.6 Å². The van der Waals surface area contributed by atoms with Crippen LogP contribution in [0.3, 0.4) is 0 Å². The molecule has 1 aromatic rings. The molecule has 138 valence electrons. The third-order valence-corrected chi connectivity index (χ3v) is 4.92. The van der Waals surface area contributed by atoms with Crippen LogP contribution in [0.25, 0.3) is 0 Å². The van der Waals surface area contributed by atoms with Crippen molar-refractivity contribution in [1.29, 1.82) is 0 Å². The molecule has 0 N–H and O–H groups in total. The molecule has 8 heteroatoms. The predicted molar refractivity (Wildman–Crippen MR) is 102 cm³/mol. The Kier molecular flexibility index (Phi) is 6.19. The van der Waals surface area contributed by atoms with Crippen molar-refractivity contribution in [3.63, 3.8) is 0 Å². The first-order chi connectivity index (χ1) is 11.5. The molecule has 1 saturated heterocycles. The summed E-state index contributed by atoms with van der Waals surface area (Å²) in [7, 11) is 0. The predicted octanol–water partition coefficient (Wildman–Crippen LogP) is 4.17. The summed E-state index contributed by atoms with van der Waals surface area (Å²) in [5, 5.41) is 0.0881. The summed E-state index contributed by atoms with van der Waals surface area (Å²) in [6.07, 6.45) is -0.388. The van der Waals surface area contributed by atoms with Crippen molar-refractivity contribution in [3.8, 4) is 0 Å². The Balaban J connectivity index is 2.09. The van der Waals surface area contributed by atoms with Crippen LogP contribution >= 0.6 is 34.2 Å². The van der Waals surface area contributed by atoms with E-state index in [1.165, 1.54) is 6.07 Å². The van der Waals surface area contributed by atoms with Gasteiger partial charge in [0.25, 0.3) is 5.91 Å². The van der Waals surface area contributed by atoms with Crippen molar-refractivity contribution in [2.45, 2.75) is 39.3 Å². The second-order valence-corrected chi connectivity index (χ2v) is 8.59. The summed E-state index contributed by atoms with van der Waals surface area (Å²) >= 11 is 7.85. The van der Waals surface area contributed by atoms with Gasteiger partial charge in [0.15, 0.2) is 0 Å². The topological polar surface area (TPSA) is 49.9 Å². The quantitative estimate of drug-likeness (QED) is 0.446. The molecule has 0 aromatic heterocycles. The van der Waals surface area contributed by atoms with Crippen LogP contribution in [0.2, 0.25) is 5.02 Å². The van der Waals surface area contributed by atoms with Gasteiger partial charge in [-0.1, -0.05) is 11.6 Å². The minimum atomic E-state index is -0.567. The van der Waals surface area contributed by atoms with Crippen molar-refractivity contribution in [2.75, 3.05) is 19.6 Å². The Labute approximate surface area is 165 Å². The van der Waals surface area contributed by atoms with Gasteiger partial charge in [0.2, 0.25) is 0 Å². The molecule has 0 aliphatic carbocycles. The maximum Gasteiger partial charge on any atom is 0.410 e. The molecular weight excluding hydrogens is 462 g/mol. The lowest BCUT2D eigenvalue weighted by atomic mass is 10.1. The summed E-state index contributed by atoms with van der Waals surface area (Å²) in [4.78, 5) is 28.2. The Morgan fingerprint density at radius 2 is 1.96 bits per heavy atom. The number of benzene rings is 1. The molecule has 2 rings (SSSR count). The fourth-order valence-corrected chi connectivity index (χ4v) is 3.29. The molecule has 2 amide bonds. The average molecular weight is 483 g/mol. The van der Waals surface area contributed by atoms with Gasteiger partial charge in [0.1, 0.15) is 11.4 Å². The monoisotopic (exact) mass is 482 g/mol. The Morgan fingerprint density at radius 3 is 2.52 bits per heavy atom. The van der Waals surface area contributed by atoms with Crippen LogP contribution in [-0.4, -0.2) is 53.1 Å². The minimum Gasteiger partial charge on any atom is -0.444 e. The Morgan fingerprint density at radius 1 is 1.32 bits per heavy atom. The third-order valence-electron chi connectivity index (χ3n) is 3.78. The highest BCUT2D eigenvalue weighted by molar-refractivity contribution is 14.1. The molecular formula is C17H21ClFIN2O3. The zero-order valence-electron chi connectivity index (χ0n) is 14.6. The number of piperazine rings is 1. The second kappa shape index (κ2) is 7.65. The molecule has 1 fully saturated rings. The van der Waals surface area contributed by atoms with E-state index in [1.807, 2.05) is 50.3 Å². The van der Waals surface area contributed by atoms with E-state index in [1.54, 1.807) is 9.80 Å². The van der Waals surface area contributed by atoms with E-state index < -0.39 is 11.4 Å². The minimum absolute atomic E-state index is 0.0881. The molecule has 0 spiro atoms. The van der Waals surface area contributed by atoms with Crippen molar-refractivity contribution >= 4 is 46.2 Å². The SMILES string of the molecule is C[C@@H]1CN(C(=O)c2cc(I)c(F)cc2Cl)CCN1C(=O)OC(C)(C)C. The van der Waals surface area contributed by atoms with Crippen molar-refractivity contribution in [1.82, 2.24) is 9.80 Å². The molecule has 0 unspecified atom stereocenters. The van der Waals surface area contributed by atoms with Gasteiger partial charge in [0.05, 0.1) is 10.6 Å². The van der Waals surface area contributed by atoms with Crippen molar-refractivity contribution in [2.24, 2.45) is 0 Å². The molecule has 1 aliphatic heterocycles. The maximum atomic E-state index is 13.5. The van der Waals surface area contributed by atoms with Crippen molar-refractivity contribution < 1.29 is 18.7 Å². The number of amides is 2. The molecule has 1 atom stereocenters.